The van der Waals surface area contributed by atoms with E-state index in [4.69, 9.17) is 10.5 Å². The first-order valence-electron chi connectivity index (χ1n) is 12.0. The smallest absolute Gasteiger partial charge is 0.220 e. The quantitative estimate of drug-likeness (QED) is 0.435. The highest BCUT2D eigenvalue weighted by Crippen LogP contribution is 2.34. The molecule has 32 heavy (non-hydrogen) atoms. The molecule has 0 amide bonds. The summed E-state index contributed by atoms with van der Waals surface area (Å²) in [7, 11) is 2.12. The summed E-state index contributed by atoms with van der Waals surface area (Å²) in [6.45, 7) is 6.69. The van der Waals surface area contributed by atoms with Crippen LogP contribution in [0.15, 0.2) is 36.5 Å². The van der Waals surface area contributed by atoms with Gasteiger partial charge in [-0.15, -0.1) is 0 Å². The number of nitrogens with one attached hydrogen (secondary N) is 1. The third-order valence-corrected chi connectivity index (χ3v) is 6.83. The fraction of sp³-hybridized carbons (Fsp3) is 0.600. The average Bonchev–Trinajstić information content (AvgIpc) is 2.80. The molecule has 1 aromatic carbocycles. The number of nitrogens with two attached hydrogens (primary N) is 1. The van der Waals surface area contributed by atoms with Crippen LogP contribution in [-0.2, 0) is 24.0 Å². The minimum atomic E-state index is 0.392. The molecule has 2 aromatic rings. The van der Waals surface area contributed by atoms with Gasteiger partial charge in [0, 0.05) is 37.1 Å². The van der Waals surface area contributed by atoms with Gasteiger partial charge in [0.15, 0.2) is 0 Å². The number of fused-ring (bicyclic) bond motifs is 2. The Morgan fingerprint density at radius 3 is 2.91 bits per heavy atom. The maximum Gasteiger partial charge on any atom is 0.220 e. The van der Waals surface area contributed by atoms with Crippen LogP contribution in [0.4, 0.5) is 5.95 Å². The molecule has 0 saturated carbocycles. The van der Waals surface area contributed by atoms with Crippen molar-refractivity contribution < 1.29 is 4.74 Å². The Morgan fingerprint density at radius 2 is 2.09 bits per heavy atom. The summed E-state index contributed by atoms with van der Waals surface area (Å²) in [5, 5.41) is 3.66. The van der Waals surface area contributed by atoms with Gasteiger partial charge in [0.2, 0.25) is 5.95 Å². The highest BCUT2D eigenvalue weighted by molar-refractivity contribution is 5.29. The van der Waals surface area contributed by atoms with Crippen LogP contribution >= 0.6 is 0 Å². The van der Waals surface area contributed by atoms with Gasteiger partial charge in [0.25, 0.3) is 0 Å². The largest absolute Gasteiger partial charge is 0.368 e. The highest BCUT2D eigenvalue weighted by Gasteiger charge is 2.39. The summed E-state index contributed by atoms with van der Waals surface area (Å²) >= 11 is 0. The second kappa shape index (κ2) is 11.2. The summed E-state index contributed by atoms with van der Waals surface area (Å²) in [5.74, 6) is 0.992. The molecule has 1 aromatic heterocycles. The maximum absolute atomic E-state index is 5.95. The fourth-order valence-corrected chi connectivity index (χ4v) is 5.21. The number of likely N-dealkylation sites (N-methyl/N-ethyl adjacent to an activating group) is 1. The number of hydrogen-bond acceptors (Lipinski definition) is 7. The van der Waals surface area contributed by atoms with Gasteiger partial charge in [0.1, 0.15) is 6.73 Å². The Balaban J connectivity index is 1.24. The van der Waals surface area contributed by atoms with Crippen LogP contribution in [0.5, 0.6) is 0 Å². The zero-order valence-corrected chi connectivity index (χ0v) is 19.5. The van der Waals surface area contributed by atoms with E-state index >= 15 is 0 Å². The minimum Gasteiger partial charge on any atom is -0.368 e. The van der Waals surface area contributed by atoms with Crippen molar-refractivity contribution >= 4 is 5.95 Å². The standard InChI is InChI=1S/C25H38N6O/c1-3-10-31-16-22(12-20-13-23-21(14-24(20)31)15-27-25(26)29-23)28-17-32-18-30(2)11-9-19-7-5-4-6-8-19/h4-8,15,20,22,24,28H,3,9-14,16-18H2,1-2H3,(H2,26,27,29)/t20-,22+,24-/m1/s1. The zero-order chi connectivity index (χ0) is 22.3. The second-order valence-corrected chi connectivity index (χ2v) is 9.36. The summed E-state index contributed by atoms with van der Waals surface area (Å²) in [6, 6.07) is 11.6. The Bertz CT molecular complexity index is 848. The van der Waals surface area contributed by atoms with E-state index in [9.17, 15) is 0 Å². The summed E-state index contributed by atoms with van der Waals surface area (Å²) in [5.41, 5.74) is 9.63. The summed E-state index contributed by atoms with van der Waals surface area (Å²) < 4.78 is 5.95. The van der Waals surface area contributed by atoms with Crippen LogP contribution in [0.3, 0.4) is 0 Å². The van der Waals surface area contributed by atoms with Crippen molar-refractivity contribution in [3.63, 3.8) is 0 Å². The minimum absolute atomic E-state index is 0.392. The molecule has 0 radical (unpaired) electrons. The van der Waals surface area contributed by atoms with Gasteiger partial charge < -0.3 is 10.5 Å². The van der Waals surface area contributed by atoms with Crippen LogP contribution in [0.2, 0.25) is 0 Å². The lowest BCUT2D eigenvalue weighted by Gasteiger charge is -2.47. The molecule has 174 valence electrons. The van der Waals surface area contributed by atoms with Crippen molar-refractivity contribution in [2.75, 3.05) is 45.9 Å². The molecule has 2 aliphatic rings. The molecule has 3 N–H and O–H groups in total. The molecule has 1 fully saturated rings. The average molecular weight is 439 g/mol. The summed E-state index contributed by atoms with van der Waals surface area (Å²) in [6.07, 6.45) is 7.33. The first-order valence-corrected chi connectivity index (χ1v) is 12.0. The van der Waals surface area contributed by atoms with Crippen LogP contribution in [0, 0.1) is 5.92 Å². The number of rotatable bonds is 10. The second-order valence-electron chi connectivity index (χ2n) is 9.36. The van der Waals surface area contributed by atoms with Gasteiger partial charge in [-0.3, -0.25) is 15.1 Å². The summed E-state index contributed by atoms with van der Waals surface area (Å²) in [4.78, 5) is 13.7. The van der Waals surface area contributed by atoms with E-state index in [0.29, 0.717) is 37.4 Å². The lowest BCUT2D eigenvalue weighted by Crippen LogP contribution is -2.57. The van der Waals surface area contributed by atoms with E-state index in [1.807, 2.05) is 6.20 Å². The number of benzene rings is 1. The molecule has 7 heteroatoms. The Hall–Kier alpha value is -2.06. The zero-order valence-electron chi connectivity index (χ0n) is 19.5. The molecule has 7 nitrogen and oxygen atoms in total. The van der Waals surface area contributed by atoms with Crippen LogP contribution in [-0.4, -0.2) is 72.0 Å². The Morgan fingerprint density at radius 1 is 1.25 bits per heavy atom. The topological polar surface area (TPSA) is 79.5 Å². The molecule has 0 spiro atoms. The van der Waals surface area contributed by atoms with E-state index in [1.54, 1.807) is 0 Å². The van der Waals surface area contributed by atoms with Gasteiger partial charge in [-0.05, 0) is 62.7 Å². The first-order chi connectivity index (χ1) is 15.6. The van der Waals surface area contributed by atoms with Crippen molar-refractivity contribution in [2.24, 2.45) is 5.92 Å². The van der Waals surface area contributed by atoms with Gasteiger partial charge in [-0.1, -0.05) is 37.3 Å². The third kappa shape index (κ3) is 6.04. The molecular weight excluding hydrogens is 400 g/mol. The van der Waals surface area contributed by atoms with Gasteiger partial charge in [0.05, 0.1) is 6.73 Å². The van der Waals surface area contributed by atoms with Crippen molar-refractivity contribution in [1.82, 2.24) is 25.1 Å². The number of ether oxygens (including phenoxy) is 1. The number of hydrogen-bond donors (Lipinski definition) is 2. The molecular formula is C25H38N6O. The van der Waals surface area contributed by atoms with Crippen LogP contribution in [0.1, 0.15) is 36.6 Å². The van der Waals surface area contributed by atoms with E-state index < -0.39 is 0 Å². The molecule has 1 saturated heterocycles. The number of nitrogens with zero attached hydrogens (tertiary/aromatic N) is 4. The van der Waals surface area contributed by atoms with Gasteiger partial charge in [-0.25, -0.2) is 9.97 Å². The normalized spacial score (nSPS) is 23.2. The van der Waals surface area contributed by atoms with Crippen molar-refractivity contribution in [2.45, 2.75) is 51.1 Å². The van der Waals surface area contributed by atoms with E-state index in [-0.39, 0.29) is 0 Å². The molecule has 0 bridgehead atoms. The van der Waals surface area contributed by atoms with Crippen molar-refractivity contribution in [1.29, 1.82) is 0 Å². The maximum atomic E-state index is 5.95. The van der Waals surface area contributed by atoms with Gasteiger partial charge in [-0.2, -0.15) is 0 Å². The number of piperidine rings is 1. The number of aromatic nitrogens is 2. The monoisotopic (exact) mass is 438 g/mol. The molecule has 3 atom stereocenters. The van der Waals surface area contributed by atoms with Crippen LogP contribution in [0.25, 0.3) is 0 Å². The van der Waals surface area contributed by atoms with Crippen molar-refractivity contribution in [3.8, 4) is 0 Å². The Kier molecular flexibility index (Phi) is 8.08. The van der Waals surface area contributed by atoms with Crippen LogP contribution < -0.4 is 11.1 Å². The predicted octanol–water partition coefficient (Wildman–Crippen LogP) is 2.32. The molecule has 4 rings (SSSR count). The molecule has 2 heterocycles. The van der Waals surface area contributed by atoms with E-state index in [0.717, 1.165) is 51.0 Å². The van der Waals surface area contributed by atoms with E-state index in [1.165, 1.54) is 17.5 Å². The SMILES string of the molecule is CCCN1C[C@@H](NCOCN(C)CCc2ccccc2)C[C@@H]2Cc3nc(N)ncc3C[C@H]21. The van der Waals surface area contributed by atoms with Gasteiger partial charge >= 0.3 is 0 Å². The highest BCUT2D eigenvalue weighted by atomic mass is 16.5. The van der Waals surface area contributed by atoms with Crippen molar-refractivity contribution in [3.05, 3.63) is 53.3 Å². The lowest BCUT2D eigenvalue weighted by atomic mass is 9.76. The number of anilines is 1. The number of nitrogen functional groups attached to an aromatic ring is 1. The molecule has 1 aliphatic heterocycles. The first kappa shape index (κ1) is 23.1. The third-order valence-electron chi connectivity index (χ3n) is 6.83. The predicted molar refractivity (Wildman–Crippen MR) is 128 cm³/mol. The van der Waals surface area contributed by atoms with E-state index in [2.05, 4.69) is 69.4 Å². The Labute approximate surface area is 192 Å². The molecule has 1 aliphatic carbocycles. The number of likely N-dealkylation sites (tertiary alicyclic amines) is 1. The fourth-order valence-electron chi connectivity index (χ4n) is 5.21. The molecule has 0 unspecified atom stereocenters. The lowest BCUT2D eigenvalue weighted by molar-refractivity contribution is 0.00927.